The molecular formula is C19H18F3NO4. The van der Waals surface area contributed by atoms with Crippen LogP contribution in [0.1, 0.15) is 52.5 Å². The Morgan fingerprint density at radius 1 is 1.30 bits per heavy atom. The summed E-state index contributed by atoms with van der Waals surface area (Å²) in [4.78, 5) is 24.9. The second kappa shape index (κ2) is 6.75. The molecular weight excluding hydrogens is 363 g/mol. The Kier molecular flexibility index (Phi) is 4.75. The van der Waals surface area contributed by atoms with E-state index in [4.69, 9.17) is 4.42 Å². The van der Waals surface area contributed by atoms with E-state index in [2.05, 4.69) is 10.1 Å². The van der Waals surface area contributed by atoms with Crippen LogP contribution in [0.15, 0.2) is 22.6 Å². The van der Waals surface area contributed by atoms with Gasteiger partial charge in [-0.15, -0.1) is 0 Å². The van der Waals surface area contributed by atoms with Crippen molar-refractivity contribution in [1.82, 2.24) is 0 Å². The van der Waals surface area contributed by atoms with Crippen LogP contribution in [0.4, 0.5) is 18.9 Å². The molecule has 8 heteroatoms. The van der Waals surface area contributed by atoms with Crippen molar-refractivity contribution in [1.29, 1.82) is 0 Å². The fourth-order valence-electron chi connectivity index (χ4n) is 3.26. The van der Waals surface area contributed by atoms with Crippen molar-refractivity contribution in [3.05, 3.63) is 46.7 Å². The molecule has 0 atom stereocenters. The van der Waals surface area contributed by atoms with Gasteiger partial charge < -0.3 is 14.5 Å². The van der Waals surface area contributed by atoms with E-state index >= 15 is 0 Å². The first kappa shape index (κ1) is 19.0. The van der Waals surface area contributed by atoms with Crippen LogP contribution in [0.25, 0.3) is 0 Å². The number of benzene rings is 1. The zero-order valence-corrected chi connectivity index (χ0v) is 15.0. The molecule has 0 aliphatic heterocycles. The molecule has 0 bridgehead atoms. The van der Waals surface area contributed by atoms with E-state index in [0.29, 0.717) is 29.7 Å². The first-order chi connectivity index (χ1) is 12.6. The van der Waals surface area contributed by atoms with E-state index in [9.17, 15) is 22.8 Å². The molecule has 1 aliphatic carbocycles. The van der Waals surface area contributed by atoms with Crippen LogP contribution in [-0.2, 0) is 6.42 Å². The van der Waals surface area contributed by atoms with Gasteiger partial charge in [0.05, 0.1) is 5.56 Å². The number of halogens is 3. The van der Waals surface area contributed by atoms with Gasteiger partial charge in [0.1, 0.15) is 5.76 Å². The summed E-state index contributed by atoms with van der Waals surface area (Å²) < 4.78 is 47.8. The number of anilines is 1. The van der Waals surface area contributed by atoms with Crippen molar-refractivity contribution >= 4 is 17.4 Å². The minimum Gasteiger partial charge on any atom is -0.455 e. The predicted molar refractivity (Wildman–Crippen MR) is 90.9 cm³/mol. The number of fused-ring (bicyclic) bond motifs is 1. The summed E-state index contributed by atoms with van der Waals surface area (Å²) in [7, 11) is 0. The Morgan fingerprint density at radius 2 is 2.00 bits per heavy atom. The van der Waals surface area contributed by atoms with E-state index in [1.54, 1.807) is 6.92 Å². The van der Waals surface area contributed by atoms with E-state index in [-0.39, 0.29) is 22.6 Å². The number of hydrogen-bond acceptors (Lipinski definition) is 4. The quantitative estimate of drug-likeness (QED) is 0.831. The van der Waals surface area contributed by atoms with Crippen LogP contribution in [-0.4, -0.2) is 18.3 Å². The largest absolute Gasteiger partial charge is 0.455 e. The predicted octanol–water partition coefficient (Wildman–Crippen LogP) is 4.74. The molecule has 144 valence electrons. The SMILES string of the molecule is Cc1c(C(=O)Nc2ccc(OC(F)F)c(F)c2)oc2c1C(=O)CC(C)(C)C2. The van der Waals surface area contributed by atoms with Crippen molar-refractivity contribution in [2.45, 2.75) is 40.2 Å². The van der Waals surface area contributed by atoms with Crippen molar-refractivity contribution in [2.75, 3.05) is 5.32 Å². The number of amides is 1. The van der Waals surface area contributed by atoms with Crippen molar-refractivity contribution in [2.24, 2.45) is 5.41 Å². The van der Waals surface area contributed by atoms with Crippen LogP contribution in [0.2, 0.25) is 0 Å². The van der Waals surface area contributed by atoms with Gasteiger partial charge in [-0.3, -0.25) is 9.59 Å². The fraction of sp³-hybridized carbons (Fsp3) is 0.368. The maximum atomic E-state index is 13.8. The number of furan rings is 1. The maximum Gasteiger partial charge on any atom is 0.387 e. The standard InChI is InChI=1S/C19H18F3NO4/c1-9-15-12(24)7-19(2,3)8-14(15)26-16(9)17(25)23-10-4-5-13(11(20)6-10)27-18(21)22/h4-6,18H,7-8H2,1-3H3,(H,23,25). The maximum absolute atomic E-state index is 13.8. The zero-order chi connectivity index (χ0) is 19.9. The average Bonchev–Trinajstić information content (AvgIpc) is 2.85. The van der Waals surface area contributed by atoms with Gasteiger partial charge in [0.2, 0.25) is 0 Å². The zero-order valence-electron chi connectivity index (χ0n) is 15.0. The van der Waals surface area contributed by atoms with Gasteiger partial charge in [0.25, 0.3) is 5.91 Å². The smallest absolute Gasteiger partial charge is 0.387 e. The lowest BCUT2D eigenvalue weighted by atomic mass is 9.76. The van der Waals surface area contributed by atoms with Crippen LogP contribution in [0.5, 0.6) is 5.75 Å². The normalized spacial score (nSPS) is 15.6. The lowest BCUT2D eigenvalue weighted by molar-refractivity contribution is -0.0521. The Labute approximate surface area is 153 Å². The van der Waals surface area contributed by atoms with E-state index in [0.717, 1.165) is 12.1 Å². The molecule has 1 N–H and O–H groups in total. The summed E-state index contributed by atoms with van der Waals surface area (Å²) in [5.41, 5.74) is 0.637. The highest BCUT2D eigenvalue weighted by Gasteiger charge is 2.37. The highest BCUT2D eigenvalue weighted by Crippen LogP contribution is 2.38. The molecule has 0 saturated carbocycles. The molecule has 0 fully saturated rings. The van der Waals surface area contributed by atoms with E-state index in [1.165, 1.54) is 6.07 Å². The molecule has 1 aliphatic rings. The molecule has 0 unspecified atom stereocenters. The molecule has 1 aromatic heterocycles. The highest BCUT2D eigenvalue weighted by atomic mass is 19.3. The van der Waals surface area contributed by atoms with Crippen molar-refractivity contribution in [3.8, 4) is 5.75 Å². The number of ether oxygens (including phenoxy) is 1. The van der Waals surface area contributed by atoms with Gasteiger partial charge in [0.15, 0.2) is 23.1 Å². The second-order valence-electron chi connectivity index (χ2n) is 7.27. The van der Waals surface area contributed by atoms with Gasteiger partial charge in [-0.2, -0.15) is 8.78 Å². The number of nitrogens with one attached hydrogen (secondary N) is 1. The first-order valence-electron chi connectivity index (χ1n) is 8.28. The topological polar surface area (TPSA) is 68.5 Å². The molecule has 0 saturated heterocycles. The van der Waals surface area contributed by atoms with Gasteiger partial charge in [-0.25, -0.2) is 4.39 Å². The Bertz CT molecular complexity index is 918. The fourth-order valence-corrected chi connectivity index (χ4v) is 3.26. The molecule has 1 aromatic carbocycles. The summed E-state index contributed by atoms with van der Waals surface area (Å²) in [6.45, 7) is 2.35. The third-order valence-corrected chi connectivity index (χ3v) is 4.39. The number of alkyl halides is 2. The number of Topliss-reactive ketones (excluding diaryl/α,β-unsaturated/α-hetero) is 1. The monoisotopic (exact) mass is 381 g/mol. The van der Waals surface area contributed by atoms with Crippen LogP contribution < -0.4 is 10.1 Å². The lowest BCUT2D eigenvalue weighted by Crippen LogP contribution is -2.26. The molecule has 0 radical (unpaired) electrons. The summed E-state index contributed by atoms with van der Waals surface area (Å²) in [6.07, 6.45) is 0.884. The average molecular weight is 381 g/mol. The van der Waals surface area contributed by atoms with Gasteiger partial charge in [-0.05, 0) is 24.5 Å². The third kappa shape index (κ3) is 3.84. The van der Waals surface area contributed by atoms with Crippen molar-refractivity contribution < 1.29 is 31.9 Å². The molecule has 3 rings (SSSR count). The minimum absolute atomic E-state index is 0.0284. The highest BCUT2D eigenvalue weighted by molar-refractivity contribution is 6.07. The van der Waals surface area contributed by atoms with Gasteiger partial charge in [0, 0.05) is 30.2 Å². The second-order valence-corrected chi connectivity index (χ2v) is 7.27. The molecule has 1 heterocycles. The number of ketones is 1. The number of carbonyl (C=O) groups is 2. The van der Waals surface area contributed by atoms with E-state index < -0.39 is 24.1 Å². The summed E-state index contributed by atoms with van der Waals surface area (Å²) in [5.74, 6) is -1.97. The number of carbonyl (C=O) groups excluding carboxylic acids is 2. The third-order valence-electron chi connectivity index (χ3n) is 4.39. The Morgan fingerprint density at radius 3 is 2.63 bits per heavy atom. The van der Waals surface area contributed by atoms with Crippen LogP contribution in [0.3, 0.4) is 0 Å². The number of rotatable bonds is 4. The molecule has 2 aromatic rings. The molecule has 1 amide bonds. The first-order valence-corrected chi connectivity index (χ1v) is 8.28. The Balaban J connectivity index is 1.84. The Hall–Kier alpha value is -2.77. The minimum atomic E-state index is -3.15. The van der Waals surface area contributed by atoms with Gasteiger partial charge >= 0.3 is 6.61 Å². The van der Waals surface area contributed by atoms with Gasteiger partial charge in [-0.1, -0.05) is 13.8 Å². The molecule has 0 spiro atoms. The van der Waals surface area contributed by atoms with Crippen molar-refractivity contribution in [3.63, 3.8) is 0 Å². The summed E-state index contributed by atoms with van der Waals surface area (Å²) in [6, 6.07) is 3.08. The lowest BCUT2D eigenvalue weighted by Gasteiger charge is -2.27. The molecule has 27 heavy (non-hydrogen) atoms. The van der Waals surface area contributed by atoms with E-state index in [1.807, 2.05) is 13.8 Å². The summed E-state index contributed by atoms with van der Waals surface area (Å²) >= 11 is 0. The van der Waals surface area contributed by atoms with Crippen LogP contribution >= 0.6 is 0 Å². The summed E-state index contributed by atoms with van der Waals surface area (Å²) in [5, 5.41) is 2.44. The van der Waals surface area contributed by atoms with Crippen LogP contribution in [0, 0.1) is 18.2 Å². The molecule has 5 nitrogen and oxygen atoms in total. The number of hydrogen-bond donors (Lipinski definition) is 1.